The van der Waals surface area contributed by atoms with Gasteiger partial charge in [0.25, 0.3) is 5.91 Å². The van der Waals surface area contributed by atoms with Crippen molar-refractivity contribution < 1.29 is 9.69 Å². The van der Waals surface area contributed by atoms with Gasteiger partial charge in [-0.05, 0) is 30.5 Å². The third-order valence-electron chi connectivity index (χ3n) is 5.37. The highest BCUT2D eigenvalue weighted by atomic mass is 32.1. The van der Waals surface area contributed by atoms with E-state index in [0.29, 0.717) is 19.0 Å². The Morgan fingerprint density at radius 3 is 2.78 bits per heavy atom. The van der Waals surface area contributed by atoms with Gasteiger partial charge >= 0.3 is 0 Å². The van der Waals surface area contributed by atoms with Crippen molar-refractivity contribution in [1.29, 1.82) is 0 Å². The highest BCUT2D eigenvalue weighted by Gasteiger charge is 2.29. The molecule has 1 saturated heterocycles. The highest BCUT2D eigenvalue weighted by Crippen LogP contribution is 2.30. The Balaban J connectivity index is 1.37. The van der Waals surface area contributed by atoms with Crippen molar-refractivity contribution in [1.82, 2.24) is 9.88 Å². The van der Waals surface area contributed by atoms with Gasteiger partial charge in [-0.3, -0.25) is 4.79 Å². The third kappa shape index (κ3) is 4.37. The van der Waals surface area contributed by atoms with Gasteiger partial charge in [0.05, 0.1) is 29.2 Å². The van der Waals surface area contributed by atoms with E-state index in [9.17, 15) is 4.79 Å². The number of nitrogens with zero attached hydrogens (tertiary/aromatic N) is 2. The zero-order valence-corrected chi connectivity index (χ0v) is 16.5. The number of carbonyl (C=O) groups is 1. The van der Waals surface area contributed by atoms with Gasteiger partial charge in [-0.25, -0.2) is 4.98 Å². The molecule has 0 aliphatic carbocycles. The fraction of sp³-hybridized carbons (Fsp3) is 0.364. The predicted molar refractivity (Wildman–Crippen MR) is 110 cm³/mol. The summed E-state index contributed by atoms with van der Waals surface area (Å²) in [5.41, 5.74) is 2.28. The number of quaternary nitrogens is 1. The van der Waals surface area contributed by atoms with Crippen molar-refractivity contribution in [3.8, 4) is 0 Å². The maximum absolute atomic E-state index is 12.7. The Bertz CT molecular complexity index is 875. The van der Waals surface area contributed by atoms with E-state index in [1.165, 1.54) is 26.6 Å². The smallest absolute Gasteiger partial charge is 0.277 e. The lowest BCUT2D eigenvalue weighted by atomic mass is 9.98. The molecule has 3 aromatic rings. The molecule has 1 aromatic heterocycles. The summed E-state index contributed by atoms with van der Waals surface area (Å²) >= 11 is 1.81. The summed E-state index contributed by atoms with van der Waals surface area (Å²) in [5, 5.41) is 1.23. The summed E-state index contributed by atoms with van der Waals surface area (Å²) in [5.74, 6) is 0.692. The Kier molecular flexibility index (Phi) is 5.50. The van der Waals surface area contributed by atoms with Gasteiger partial charge in [0, 0.05) is 13.6 Å². The van der Waals surface area contributed by atoms with Crippen LogP contribution in [-0.4, -0.2) is 42.5 Å². The van der Waals surface area contributed by atoms with E-state index in [4.69, 9.17) is 4.98 Å². The van der Waals surface area contributed by atoms with Gasteiger partial charge in [0.2, 0.25) is 0 Å². The monoisotopic (exact) mass is 380 g/mol. The maximum atomic E-state index is 12.7. The minimum Gasteiger partial charge on any atom is -0.337 e. The number of likely N-dealkylation sites (tertiary alicyclic amines) is 1. The molecule has 4 nitrogen and oxygen atoms in total. The summed E-state index contributed by atoms with van der Waals surface area (Å²) in [6.45, 7) is 3.33. The highest BCUT2D eigenvalue weighted by molar-refractivity contribution is 7.18. The molecule has 1 N–H and O–H groups in total. The van der Waals surface area contributed by atoms with E-state index >= 15 is 0 Å². The Morgan fingerprint density at radius 2 is 1.96 bits per heavy atom. The fourth-order valence-corrected chi connectivity index (χ4v) is 4.98. The van der Waals surface area contributed by atoms with Gasteiger partial charge < -0.3 is 9.80 Å². The topological polar surface area (TPSA) is 37.6 Å². The van der Waals surface area contributed by atoms with Crippen LogP contribution in [0.25, 0.3) is 10.2 Å². The van der Waals surface area contributed by atoms with Crippen LogP contribution in [0.5, 0.6) is 0 Å². The molecule has 27 heavy (non-hydrogen) atoms. The van der Waals surface area contributed by atoms with Crippen LogP contribution >= 0.6 is 11.3 Å². The first kappa shape index (κ1) is 18.1. The van der Waals surface area contributed by atoms with Crippen molar-refractivity contribution in [3.05, 3.63) is 65.2 Å². The average molecular weight is 381 g/mol. The third-order valence-corrected chi connectivity index (χ3v) is 6.57. The normalized spacial score (nSPS) is 19.9. The number of piperidine rings is 1. The van der Waals surface area contributed by atoms with Gasteiger partial charge in [-0.15, -0.1) is 11.3 Å². The average Bonchev–Trinajstić information content (AvgIpc) is 3.13. The van der Waals surface area contributed by atoms with E-state index < -0.39 is 0 Å². The number of nitrogens with one attached hydrogen (secondary N) is 1. The van der Waals surface area contributed by atoms with E-state index in [1.807, 2.05) is 47.5 Å². The van der Waals surface area contributed by atoms with Gasteiger partial charge in [0.15, 0.2) is 6.54 Å². The van der Waals surface area contributed by atoms with Crippen LogP contribution in [0.4, 0.5) is 0 Å². The fourth-order valence-electron chi connectivity index (χ4n) is 3.88. The molecule has 0 radical (unpaired) electrons. The number of carbonyl (C=O) groups excluding carboxylic acids is 1. The Labute approximate surface area is 164 Å². The molecule has 4 rings (SSSR count). The molecule has 2 aromatic carbocycles. The molecule has 1 fully saturated rings. The van der Waals surface area contributed by atoms with E-state index in [0.717, 1.165) is 25.0 Å². The lowest BCUT2D eigenvalue weighted by Gasteiger charge is -2.29. The van der Waals surface area contributed by atoms with Crippen LogP contribution in [0.1, 0.15) is 29.3 Å². The largest absolute Gasteiger partial charge is 0.337 e. The summed E-state index contributed by atoms with van der Waals surface area (Å²) in [6, 6.07) is 18.5. The predicted octanol–water partition coefficient (Wildman–Crippen LogP) is 2.72. The molecule has 2 heterocycles. The molecule has 2 atom stereocenters. The number of hydrogen-bond donors (Lipinski definition) is 1. The zero-order valence-electron chi connectivity index (χ0n) is 15.7. The summed E-state index contributed by atoms with van der Waals surface area (Å²) in [6.07, 6.45) is 2.34. The van der Waals surface area contributed by atoms with Crippen LogP contribution in [-0.2, 0) is 11.3 Å². The minimum atomic E-state index is 0.221. The van der Waals surface area contributed by atoms with Crippen molar-refractivity contribution in [2.24, 2.45) is 0 Å². The van der Waals surface area contributed by atoms with Gasteiger partial charge in [-0.1, -0.05) is 42.5 Å². The van der Waals surface area contributed by atoms with E-state index in [-0.39, 0.29) is 5.91 Å². The zero-order chi connectivity index (χ0) is 18.6. The molecule has 5 heteroatoms. The Hall–Kier alpha value is -2.24. The second-order valence-electron chi connectivity index (χ2n) is 7.48. The van der Waals surface area contributed by atoms with Crippen LogP contribution < -0.4 is 4.90 Å². The van der Waals surface area contributed by atoms with Gasteiger partial charge in [-0.2, -0.15) is 0 Å². The lowest BCUT2D eigenvalue weighted by molar-refractivity contribution is -0.898. The molecular weight excluding hydrogens is 354 g/mol. The molecule has 1 unspecified atom stereocenters. The number of aromatic nitrogens is 1. The summed E-state index contributed by atoms with van der Waals surface area (Å²) in [4.78, 5) is 20.8. The van der Waals surface area contributed by atoms with Crippen LogP contribution in [0.2, 0.25) is 0 Å². The van der Waals surface area contributed by atoms with Crippen molar-refractivity contribution in [2.75, 3.05) is 26.7 Å². The minimum absolute atomic E-state index is 0.221. The molecule has 1 amide bonds. The number of amides is 1. The first-order valence-corrected chi connectivity index (χ1v) is 10.5. The second-order valence-corrected chi connectivity index (χ2v) is 8.54. The maximum Gasteiger partial charge on any atom is 0.277 e. The number of benzene rings is 2. The second kappa shape index (κ2) is 8.19. The van der Waals surface area contributed by atoms with E-state index in [2.05, 4.69) is 30.3 Å². The number of thiazole rings is 1. The van der Waals surface area contributed by atoms with Crippen molar-refractivity contribution in [2.45, 2.75) is 25.3 Å². The standard InChI is InChI=1S/C22H25N3OS/c1-24(14-17-8-3-2-4-9-17)21(26)16-25-13-7-10-18(15-25)22-23-19-11-5-6-12-20(19)27-22/h2-6,8-9,11-12,18H,7,10,13-16H2,1H3/p+1/t18-/m0/s1. The quantitative estimate of drug-likeness (QED) is 0.739. The SMILES string of the molecule is CN(Cc1ccccc1)C(=O)C[NH+]1CCC[C@H](c2nc3ccccc3s2)C1. The molecular formula is C22H26N3OS+. The number of likely N-dealkylation sites (N-methyl/N-ethyl adjacent to an activating group) is 1. The molecule has 0 spiro atoms. The number of hydrogen-bond acceptors (Lipinski definition) is 3. The summed E-state index contributed by atoms with van der Waals surface area (Å²) in [7, 11) is 1.91. The molecule has 0 saturated carbocycles. The van der Waals surface area contributed by atoms with Crippen molar-refractivity contribution in [3.63, 3.8) is 0 Å². The number of fused-ring (bicyclic) bond motifs is 1. The number of para-hydroxylation sites is 1. The van der Waals surface area contributed by atoms with E-state index in [1.54, 1.807) is 0 Å². The molecule has 1 aliphatic heterocycles. The summed E-state index contributed by atoms with van der Waals surface area (Å²) < 4.78 is 1.26. The molecule has 1 aliphatic rings. The Morgan fingerprint density at radius 1 is 1.19 bits per heavy atom. The first-order chi connectivity index (χ1) is 13.2. The van der Waals surface area contributed by atoms with Crippen LogP contribution in [0, 0.1) is 0 Å². The first-order valence-electron chi connectivity index (χ1n) is 9.66. The molecule has 140 valence electrons. The lowest BCUT2D eigenvalue weighted by Crippen LogP contribution is -3.14. The molecule has 0 bridgehead atoms. The number of rotatable bonds is 5. The van der Waals surface area contributed by atoms with Gasteiger partial charge in [0.1, 0.15) is 5.01 Å². The van der Waals surface area contributed by atoms with Crippen LogP contribution in [0.3, 0.4) is 0 Å². The van der Waals surface area contributed by atoms with Crippen molar-refractivity contribution >= 4 is 27.5 Å². The van der Waals surface area contributed by atoms with Crippen LogP contribution in [0.15, 0.2) is 54.6 Å².